The van der Waals surface area contributed by atoms with E-state index in [-0.39, 0.29) is 5.82 Å². The van der Waals surface area contributed by atoms with Crippen LogP contribution in [0.3, 0.4) is 0 Å². The van der Waals surface area contributed by atoms with Crippen LogP contribution in [0.4, 0.5) is 4.39 Å². The minimum atomic E-state index is -0.304. The molecule has 0 aliphatic rings. The van der Waals surface area contributed by atoms with Crippen molar-refractivity contribution < 1.29 is 13.9 Å². The van der Waals surface area contributed by atoms with E-state index >= 15 is 0 Å². The third-order valence-corrected chi connectivity index (χ3v) is 2.67. The number of carbonyl (C=O) groups excluding carboxylic acids is 1. The van der Waals surface area contributed by atoms with Crippen LogP contribution in [0.2, 0.25) is 0 Å². The molecule has 2 aromatic carbocycles. The van der Waals surface area contributed by atoms with Gasteiger partial charge in [0.2, 0.25) is 0 Å². The molecule has 0 atom stereocenters. The zero-order valence-corrected chi connectivity index (χ0v) is 11.0. The number of hydrogen-bond donors (Lipinski definition) is 0. The summed E-state index contributed by atoms with van der Waals surface area (Å²) in [6.07, 6.45) is 2.46. The molecule has 0 unspecified atom stereocenters. The molecule has 0 aliphatic carbocycles. The fourth-order valence-corrected chi connectivity index (χ4v) is 1.82. The molecule has 0 aromatic heterocycles. The van der Waals surface area contributed by atoms with Crippen LogP contribution in [-0.2, 0) is 6.61 Å². The number of ether oxygens (including phenoxy) is 1. The van der Waals surface area contributed by atoms with Gasteiger partial charge in [-0.15, -0.1) is 0 Å². The first-order valence-corrected chi connectivity index (χ1v) is 6.11. The van der Waals surface area contributed by atoms with E-state index in [2.05, 4.69) is 4.99 Å². The van der Waals surface area contributed by atoms with E-state index in [4.69, 9.17) is 4.74 Å². The monoisotopic (exact) mass is 271 g/mol. The summed E-state index contributed by atoms with van der Waals surface area (Å²) in [5.41, 5.74) is 2.27. The molecule has 2 rings (SSSR count). The van der Waals surface area contributed by atoms with Crippen LogP contribution in [0.5, 0.6) is 5.75 Å². The van der Waals surface area contributed by atoms with Crippen molar-refractivity contribution >= 4 is 12.5 Å². The summed E-state index contributed by atoms with van der Waals surface area (Å²) in [6.45, 7) is 0.303. The number of halogens is 1. The Morgan fingerprint density at radius 2 is 1.85 bits per heavy atom. The molecule has 0 fully saturated rings. The minimum Gasteiger partial charge on any atom is -0.489 e. The fraction of sp³-hybridized carbons (Fsp3) is 0.125. The predicted molar refractivity (Wildman–Crippen MR) is 76.1 cm³/mol. The number of aliphatic imine (C=N–C) groups is 1. The van der Waals surface area contributed by atoms with E-state index in [1.54, 1.807) is 37.5 Å². The van der Waals surface area contributed by atoms with Crippen LogP contribution in [0, 0.1) is 5.82 Å². The number of carbonyl (C=O) groups is 1. The standard InChI is InChI=1S/C16H14FNO2/c1-18-9-12-6-13(10-19)8-14(7-12)11-20-16-4-2-15(17)3-5-16/h2-10H,11H2,1H3/b18-9-. The third kappa shape index (κ3) is 3.75. The van der Waals surface area contributed by atoms with Gasteiger partial charge in [0, 0.05) is 18.8 Å². The van der Waals surface area contributed by atoms with Crippen molar-refractivity contribution in [2.24, 2.45) is 4.99 Å². The van der Waals surface area contributed by atoms with Gasteiger partial charge < -0.3 is 4.74 Å². The van der Waals surface area contributed by atoms with Crippen molar-refractivity contribution in [2.45, 2.75) is 6.61 Å². The molecular formula is C16H14FNO2. The molecular weight excluding hydrogens is 257 g/mol. The number of nitrogens with zero attached hydrogens (tertiary/aromatic N) is 1. The van der Waals surface area contributed by atoms with Crippen LogP contribution in [0.15, 0.2) is 47.5 Å². The lowest BCUT2D eigenvalue weighted by molar-refractivity contribution is 0.112. The Balaban J connectivity index is 2.13. The molecule has 0 N–H and O–H groups in total. The highest BCUT2D eigenvalue weighted by molar-refractivity contribution is 5.84. The first-order chi connectivity index (χ1) is 9.71. The molecule has 3 nitrogen and oxygen atoms in total. The number of aldehydes is 1. The summed E-state index contributed by atoms with van der Waals surface area (Å²) in [4.78, 5) is 14.8. The highest BCUT2D eigenvalue weighted by Crippen LogP contribution is 2.15. The highest BCUT2D eigenvalue weighted by atomic mass is 19.1. The Kier molecular flexibility index (Phi) is 4.60. The topological polar surface area (TPSA) is 38.7 Å². The van der Waals surface area contributed by atoms with Crippen molar-refractivity contribution in [3.63, 3.8) is 0 Å². The van der Waals surface area contributed by atoms with Gasteiger partial charge in [0.05, 0.1) is 0 Å². The summed E-state index contributed by atoms with van der Waals surface area (Å²) in [5, 5.41) is 0. The van der Waals surface area contributed by atoms with Gasteiger partial charge in [-0.25, -0.2) is 4.39 Å². The Hall–Kier alpha value is -2.49. The highest BCUT2D eigenvalue weighted by Gasteiger charge is 2.01. The summed E-state index contributed by atoms with van der Waals surface area (Å²) in [5.74, 6) is 0.273. The lowest BCUT2D eigenvalue weighted by Gasteiger charge is -2.07. The van der Waals surface area contributed by atoms with Gasteiger partial charge in [-0.1, -0.05) is 0 Å². The molecule has 0 saturated carbocycles. The Morgan fingerprint density at radius 1 is 1.15 bits per heavy atom. The van der Waals surface area contributed by atoms with E-state index in [9.17, 15) is 9.18 Å². The maximum absolute atomic E-state index is 12.8. The van der Waals surface area contributed by atoms with Crippen molar-refractivity contribution in [3.8, 4) is 5.75 Å². The number of hydrogen-bond acceptors (Lipinski definition) is 3. The van der Waals surface area contributed by atoms with E-state index in [0.29, 0.717) is 17.9 Å². The van der Waals surface area contributed by atoms with Gasteiger partial charge >= 0.3 is 0 Å². The molecule has 20 heavy (non-hydrogen) atoms. The molecule has 0 aliphatic heterocycles. The fourth-order valence-electron chi connectivity index (χ4n) is 1.82. The second kappa shape index (κ2) is 6.61. The van der Waals surface area contributed by atoms with Crippen LogP contribution in [-0.4, -0.2) is 19.5 Å². The van der Waals surface area contributed by atoms with E-state index in [0.717, 1.165) is 17.4 Å². The van der Waals surface area contributed by atoms with Crippen molar-refractivity contribution in [1.29, 1.82) is 0 Å². The van der Waals surface area contributed by atoms with Crippen molar-refractivity contribution in [3.05, 3.63) is 65.0 Å². The molecule has 0 radical (unpaired) electrons. The molecule has 0 saturated heterocycles. The van der Waals surface area contributed by atoms with Gasteiger partial charge in [0.1, 0.15) is 24.5 Å². The second-order valence-electron chi connectivity index (χ2n) is 4.26. The predicted octanol–water partition coefficient (Wildman–Crippen LogP) is 3.27. The normalized spacial score (nSPS) is 10.7. The van der Waals surface area contributed by atoms with Crippen LogP contribution in [0.1, 0.15) is 21.5 Å². The molecule has 0 spiro atoms. The quantitative estimate of drug-likeness (QED) is 0.618. The second-order valence-corrected chi connectivity index (χ2v) is 4.26. The molecule has 0 bridgehead atoms. The Labute approximate surface area is 116 Å². The smallest absolute Gasteiger partial charge is 0.150 e. The number of rotatable bonds is 5. The first-order valence-electron chi connectivity index (χ1n) is 6.11. The molecule has 4 heteroatoms. The Bertz CT molecular complexity index is 621. The van der Waals surface area contributed by atoms with Crippen molar-refractivity contribution in [2.75, 3.05) is 7.05 Å². The van der Waals surface area contributed by atoms with Crippen LogP contribution >= 0.6 is 0 Å². The van der Waals surface area contributed by atoms with Gasteiger partial charge in [0.25, 0.3) is 0 Å². The zero-order chi connectivity index (χ0) is 14.4. The lowest BCUT2D eigenvalue weighted by atomic mass is 10.1. The molecule has 0 heterocycles. The van der Waals surface area contributed by atoms with Crippen LogP contribution in [0.25, 0.3) is 0 Å². The molecule has 102 valence electrons. The van der Waals surface area contributed by atoms with E-state index in [1.807, 2.05) is 6.07 Å². The van der Waals surface area contributed by atoms with Gasteiger partial charge in [-0.05, 0) is 53.6 Å². The maximum atomic E-state index is 12.8. The summed E-state index contributed by atoms with van der Waals surface area (Å²) < 4.78 is 18.3. The number of benzene rings is 2. The molecule has 0 amide bonds. The van der Waals surface area contributed by atoms with Crippen LogP contribution < -0.4 is 4.74 Å². The summed E-state index contributed by atoms with van der Waals surface area (Å²) in [7, 11) is 1.67. The zero-order valence-electron chi connectivity index (χ0n) is 11.0. The van der Waals surface area contributed by atoms with Gasteiger partial charge in [-0.3, -0.25) is 9.79 Å². The Morgan fingerprint density at radius 3 is 2.50 bits per heavy atom. The lowest BCUT2D eigenvalue weighted by Crippen LogP contribution is -1.98. The summed E-state index contributed by atoms with van der Waals surface area (Å²) in [6, 6.07) is 11.2. The average Bonchev–Trinajstić information content (AvgIpc) is 2.47. The third-order valence-electron chi connectivity index (χ3n) is 2.67. The largest absolute Gasteiger partial charge is 0.489 e. The maximum Gasteiger partial charge on any atom is 0.150 e. The van der Waals surface area contributed by atoms with Gasteiger partial charge in [-0.2, -0.15) is 0 Å². The van der Waals surface area contributed by atoms with Crippen molar-refractivity contribution in [1.82, 2.24) is 0 Å². The first kappa shape index (κ1) is 13.9. The van der Waals surface area contributed by atoms with E-state index in [1.165, 1.54) is 12.1 Å². The average molecular weight is 271 g/mol. The minimum absolute atomic E-state index is 0.303. The molecule has 2 aromatic rings. The summed E-state index contributed by atoms with van der Waals surface area (Å²) >= 11 is 0. The van der Waals surface area contributed by atoms with E-state index < -0.39 is 0 Å². The van der Waals surface area contributed by atoms with Gasteiger partial charge in [0.15, 0.2) is 0 Å². The SMILES string of the molecule is C/N=C\c1cc(C=O)cc(COc2ccc(F)cc2)c1.